The minimum Gasteiger partial charge on any atom is -0.491 e. The molecule has 0 saturated heterocycles. The molecule has 0 fully saturated rings. The van der Waals surface area contributed by atoms with Crippen molar-refractivity contribution in [3.8, 4) is 0 Å². The molecule has 37 heteroatoms. The van der Waals surface area contributed by atoms with Crippen molar-refractivity contribution in [2.45, 2.75) is 104 Å². The molecule has 0 spiro atoms. The third-order valence-corrected chi connectivity index (χ3v) is 12.0. The van der Waals surface area contributed by atoms with Crippen LogP contribution in [0, 0.1) is 0 Å². The number of carbonyl (C=O) groups excluding carboxylic acids is 9. The molecule has 0 aromatic rings. The largest absolute Gasteiger partial charge is 0.491 e. The molecule has 0 aromatic carbocycles. The number of ether oxygens (including phenoxy) is 3. The summed E-state index contributed by atoms with van der Waals surface area (Å²) in [5.74, 6) is -2.10. The van der Waals surface area contributed by atoms with Gasteiger partial charge in [0.25, 0.3) is 0 Å². The monoisotopic (exact) mass is 1460 g/mol. The number of carbonyl (C=O) groups is 9. The van der Waals surface area contributed by atoms with Crippen LogP contribution in [0.5, 0.6) is 0 Å². The Hall–Kier alpha value is -3.18. The van der Waals surface area contributed by atoms with Crippen LogP contribution in [0.3, 0.4) is 0 Å². The van der Waals surface area contributed by atoms with Gasteiger partial charge in [-0.2, -0.15) is 0 Å². The van der Waals surface area contributed by atoms with Gasteiger partial charge in [0, 0.05) is 128 Å². The Morgan fingerprint density at radius 3 is 0.701 bits per heavy atom. The lowest BCUT2D eigenvalue weighted by molar-refractivity contribution is -0.150. The average Bonchev–Trinajstić information content (AvgIpc) is 3.37. The maximum Gasteiger partial charge on any atom is 0.374 e. The van der Waals surface area contributed by atoms with Crippen LogP contribution in [-0.4, -0.2) is 263 Å². The van der Waals surface area contributed by atoms with Crippen molar-refractivity contribution < 1.29 is 82.6 Å². The van der Waals surface area contributed by atoms with E-state index in [0.29, 0.717) is 5.05 Å². The van der Waals surface area contributed by atoms with E-state index in [0.717, 1.165) is 42.8 Å². The molecule has 0 rings (SSSR count). The maximum absolute atomic E-state index is 10.3. The summed E-state index contributed by atoms with van der Waals surface area (Å²) in [6, 6.07) is 0. The van der Waals surface area contributed by atoms with E-state index in [9.17, 15) is 68.4 Å². The number of hydrogen-bond donors (Lipinski definition) is 4. The smallest absolute Gasteiger partial charge is 0.374 e. The summed E-state index contributed by atoms with van der Waals surface area (Å²) in [4.78, 5) is 94.2. The molecule has 26 nitrogen and oxygen atoms in total. The van der Waals surface area contributed by atoms with Gasteiger partial charge in [0.15, 0.2) is 21.7 Å². The number of hydrogen-bond acceptors (Lipinski definition) is 25. The Morgan fingerprint density at radius 2 is 0.701 bits per heavy atom. The van der Waals surface area contributed by atoms with Gasteiger partial charge in [0.1, 0.15) is 5.78 Å². The van der Waals surface area contributed by atoms with Gasteiger partial charge in [0.05, 0.1) is 65.8 Å². The number of rotatable bonds is 6. The van der Waals surface area contributed by atoms with Gasteiger partial charge in [0.2, 0.25) is 37.6 Å². The molecular weight excluding hydrogens is 1350 g/mol. The zero-order chi connectivity index (χ0) is 74.9. The molecule has 0 saturated carbocycles. The summed E-state index contributed by atoms with van der Waals surface area (Å²) in [7, 11) is 16.9. The van der Waals surface area contributed by atoms with E-state index in [4.69, 9.17) is 12.2 Å². The third-order valence-electron chi connectivity index (χ3n) is 5.92. The lowest BCUT2D eigenvalue weighted by Gasteiger charge is -2.06. The first-order valence-corrected chi connectivity index (χ1v) is 35.2. The van der Waals surface area contributed by atoms with Crippen molar-refractivity contribution in [2.75, 3.05) is 143 Å². The van der Waals surface area contributed by atoms with Crippen molar-refractivity contribution in [3.05, 3.63) is 0 Å². The van der Waals surface area contributed by atoms with Gasteiger partial charge in [-0.25, -0.2) is 48.1 Å². The number of nitrogens with one attached hydrogen (secondary N) is 4. The van der Waals surface area contributed by atoms with E-state index in [1.165, 1.54) is 100 Å². The van der Waals surface area contributed by atoms with E-state index in [2.05, 4.69) is 83.2 Å². The van der Waals surface area contributed by atoms with Gasteiger partial charge < -0.3 is 39.4 Å². The van der Waals surface area contributed by atoms with Crippen LogP contribution in [0.4, 0.5) is 0 Å². The molecule has 0 radical (unpaired) electrons. The number of thioether (sulfide) groups is 2. The second-order valence-electron chi connectivity index (χ2n) is 15.6. The van der Waals surface area contributed by atoms with Crippen molar-refractivity contribution >= 4 is 203 Å². The quantitative estimate of drug-likeness (QED) is 0.155. The first kappa shape index (κ1) is 125. The number of thiocarbonyl (C=S) groups is 5. The second kappa shape index (κ2) is 91.6. The minimum atomic E-state index is -2.91. The number of sulfonamides is 2. The predicted octanol–water partition coefficient (Wildman–Crippen LogP) is 4.97. The molecule has 0 aliphatic rings. The molecular formula is C50H112N8O18S11. The number of amides is 2. The molecule has 2 atom stereocenters. The van der Waals surface area contributed by atoms with Crippen molar-refractivity contribution in [3.63, 3.8) is 0 Å². The molecule has 0 heterocycles. The summed E-state index contributed by atoms with van der Waals surface area (Å²) in [5.41, 5.74) is 0. The first-order chi connectivity index (χ1) is 38.6. The van der Waals surface area contributed by atoms with E-state index in [1.54, 1.807) is 98.1 Å². The topological polar surface area (TPSA) is 345 Å². The van der Waals surface area contributed by atoms with Crippen LogP contribution in [0.1, 0.15) is 104 Å². The zero-order valence-corrected chi connectivity index (χ0v) is 67.6. The average molecular weight is 1470 g/mol. The highest BCUT2D eigenvalue weighted by atomic mass is 32.2. The molecule has 0 aliphatic heterocycles. The highest BCUT2D eigenvalue weighted by Gasteiger charge is 2.03. The number of nitrogens with zero attached hydrogens (tertiary/aromatic N) is 4. The van der Waals surface area contributed by atoms with Crippen LogP contribution >= 0.6 is 84.6 Å². The van der Waals surface area contributed by atoms with Crippen LogP contribution in [0.15, 0.2) is 0 Å². The summed E-state index contributed by atoms with van der Waals surface area (Å²) in [6.45, 7) is 23.8. The van der Waals surface area contributed by atoms with Gasteiger partial charge in [-0.15, -0.1) is 11.8 Å². The molecule has 0 bridgehead atoms. The highest BCUT2D eigenvalue weighted by Crippen LogP contribution is 1.93. The zero-order valence-electron chi connectivity index (χ0n) is 58.6. The number of Topliss-reactive ketones (excluding diaryl/α,β-unsaturated/α-hetero) is 4. The number of methoxy groups -OCH3 is 3. The Morgan fingerprint density at radius 1 is 0.517 bits per heavy atom. The fourth-order valence-electron chi connectivity index (χ4n) is 0.144. The summed E-state index contributed by atoms with van der Waals surface area (Å²) < 4.78 is 81.3. The molecule has 2 unspecified atom stereocenters. The van der Waals surface area contributed by atoms with Gasteiger partial charge >= 0.3 is 11.9 Å². The fraction of sp³-hybridized carbons (Fsp3) is 0.720. The molecule has 0 aliphatic carbocycles. The third kappa shape index (κ3) is 309. The maximum atomic E-state index is 10.3. The number of ketones is 4. The van der Waals surface area contributed by atoms with Gasteiger partial charge in [-0.1, -0.05) is 60.6 Å². The Balaban J connectivity index is -0.0000000442. The summed E-state index contributed by atoms with van der Waals surface area (Å²) in [6.07, 6.45) is 9.23. The van der Waals surface area contributed by atoms with Crippen LogP contribution in [0.2, 0.25) is 0 Å². The van der Waals surface area contributed by atoms with Gasteiger partial charge in [-0.05, 0) is 106 Å². The molecule has 4 N–H and O–H groups in total. The fourth-order valence-corrected chi connectivity index (χ4v) is 0.144. The van der Waals surface area contributed by atoms with Crippen LogP contribution < -0.4 is 20.1 Å². The lowest BCUT2D eigenvalue weighted by atomic mass is 10.3. The van der Waals surface area contributed by atoms with Gasteiger partial charge in [-0.3, -0.25) is 33.6 Å². The normalized spacial score (nSPS) is 8.99. The van der Waals surface area contributed by atoms with E-state index < -0.39 is 53.8 Å². The van der Waals surface area contributed by atoms with Crippen molar-refractivity contribution in [1.82, 2.24) is 38.5 Å². The van der Waals surface area contributed by atoms with E-state index >= 15 is 0 Å². The highest BCUT2D eigenvalue weighted by molar-refractivity contribution is 8.22. The minimum absolute atomic E-state index is 0.00463. The van der Waals surface area contributed by atoms with E-state index in [1.807, 2.05) is 66.9 Å². The second-order valence-corrected chi connectivity index (χ2v) is 28.1. The molecule has 2 amide bonds. The van der Waals surface area contributed by atoms with E-state index in [-0.39, 0.29) is 40.2 Å². The lowest BCUT2D eigenvalue weighted by Crippen LogP contribution is -2.19. The number of esters is 2. The SMILES string of the molecule is CC(=O)C(C)=O.CC(=O)N(C)C.CC(=S)N(C)C.CC(C)=O.CC(C)=S.CN(C)S(C)(=O)=O.CN(C)S(C)=O.CNC(C)=O.CNC(C)=S.CNS(C)(=O)=O.CNS(C)=O.COC(=O)C(C)=O.COC(C)=O.COC(C)=S.CSC(C)=O.CSC(C)=S. The molecule has 87 heavy (non-hydrogen) atoms. The molecule has 526 valence electrons. The Bertz CT molecular complexity index is 1920. The Labute approximate surface area is 566 Å². The first-order valence-electron chi connectivity index (χ1n) is 23.9. The summed E-state index contributed by atoms with van der Waals surface area (Å²) in [5, 5.41) is 5.91. The van der Waals surface area contributed by atoms with Crippen molar-refractivity contribution in [2.24, 2.45) is 0 Å². The molecule has 0 aromatic heterocycles. The van der Waals surface area contributed by atoms with Crippen molar-refractivity contribution in [1.29, 1.82) is 0 Å². The standard InChI is InChI=1S/C4H9NO.C4H9NS.C4H6O3.C4H6O2.C3H9NO2S.C3H9NOS.C3H7NO.C3H7NS.C3H6O2.2C3H6OS.C3H6O.C3H6S2.C3H6S.C2H7NO2S.C2H7NOS/c2*1-4(6)5(2)3;1-3(5)4(6)7-2;1-3(5)4(2)6;1-4(2)7(3,5)6;1-4(2)6(3)5;2*1-3(5)4-2;2*1-3(4)5-2;1-3(5)4-2;1-3(2)4;1-3(4)5-2;1-3(2)4;1-3-6(2,4)5;1-3-5(2)4/h2*1-3H3;1-2H3;1-2H3;1-3H3;1-3H3;2*1-2H3,(H,4,5);3*1-2H3;1-2H3;1-2H3;1-2H3;3H,1-2H3;3H,1-2H3. The summed E-state index contributed by atoms with van der Waals surface area (Å²) >= 11 is 25.9. The van der Waals surface area contributed by atoms with Crippen LogP contribution in [0.25, 0.3) is 0 Å². The Kier molecular flexibility index (Phi) is 132. The van der Waals surface area contributed by atoms with Crippen LogP contribution in [-0.2, 0) is 99.4 Å². The predicted molar refractivity (Wildman–Crippen MR) is 390 cm³/mol.